The van der Waals surface area contributed by atoms with E-state index in [4.69, 9.17) is 5.73 Å². The number of hydrogen-bond donors (Lipinski definition) is 2. The predicted octanol–water partition coefficient (Wildman–Crippen LogP) is 5.12. The summed E-state index contributed by atoms with van der Waals surface area (Å²) in [4.78, 5) is 26.8. The minimum atomic E-state index is -2.84. The Morgan fingerprint density at radius 3 is 1.88 bits per heavy atom. The average molecular weight is 560 g/mol. The molecule has 3 N–H and O–H groups in total. The van der Waals surface area contributed by atoms with E-state index >= 15 is 0 Å². The van der Waals surface area contributed by atoms with Crippen LogP contribution in [0.25, 0.3) is 11.1 Å². The van der Waals surface area contributed by atoms with Crippen molar-refractivity contribution in [3.05, 3.63) is 59.7 Å². The van der Waals surface area contributed by atoms with Crippen molar-refractivity contribution >= 4 is 11.8 Å². The molecule has 41 heavy (non-hydrogen) atoms. The molecule has 7 nitrogen and oxygen atoms in total. The molecule has 0 saturated heterocycles. The third-order valence-corrected chi connectivity index (χ3v) is 8.85. The molecule has 2 aromatic carbocycles. The van der Waals surface area contributed by atoms with Crippen molar-refractivity contribution in [3.8, 4) is 23.3 Å². The van der Waals surface area contributed by atoms with Crippen LogP contribution in [0.4, 0.5) is 8.78 Å². The van der Waals surface area contributed by atoms with Crippen molar-refractivity contribution in [3.63, 3.8) is 0 Å². The summed E-state index contributed by atoms with van der Waals surface area (Å²) >= 11 is 0. The number of carbonyl (C=O) groups excluding carboxylic acids is 2. The first-order valence-corrected chi connectivity index (χ1v) is 14.2. The van der Waals surface area contributed by atoms with E-state index in [1.807, 2.05) is 38.1 Å². The lowest BCUT2D eigenvalue weighted by atomic mass is 9.91. The third-order valence-electron chi connectivity index (χ3n) is 8.85. The van der Waals surface area contributed by atoms with E-state index in [0.29, 0.717) is 31.2 Å². The molecule has 0 spiro atoms. The fourth-order valence-corrected chi connectivity index (χ4v) is 5.90. The van der Waals surface area contributed by atoms with Crippen LogP contribution in [0.1, 0.15) is 76.0 Å². The van der Waals surface area contributed by atoms with Gasteiger partial charge in [0.05, 0.1) is 29.6 Å². The Bertz CT molecular complexity index is 1400. The zero-order valence-corrected chi connectivity index (χ0v) is 23.4. The molecule has 3 saturated carbocycles. The number of amides is 2. The number of hydrogen-bond acceptors (Lipinski definition) is 5. The second-order valence-electron chi connectivity index (χ2n) is 12.3. The summed E-state index contributed by atoms with van der Waals surface area (Å²) in [5.41, 5.74) is 6.15. The van der Waals surface area contributed by atoms with E-state index in [9.17, 15) is 28.9 Å². The predicted molar refractivity (Wildman–Crippen MR) is 149 cm³/mol. The number of nitrogens with two attached hydrogens (primary N) is 1. The van der Waals surface area contributed by atoms with Gasteiger partial charge in [0.1, 0.15) is 11.1 Å². The summed E-state index contributed by atoms with van der Waals surface area (Å²) in [6.45, 7) is 3.79. The van der Waals surface area contributed by atoms with Gasteiger partial charge in [0.15, 0.2) is 0 Å². The Morgan fingerprint density at radius 1 is 0.927 bits per heavy atom. The normalized spacial score (nSPS) is 20.5. The van der Waals surface area contributed by atoms with Gasteiger partial charge < -0.3 is 11.1 Å². The molecule has 0 aliphatic heterocycles. The van der Waals surface area contributed by atoms with Crippen LogP contribution in [0.2, 0.25) is 0 Å². The van der Waals surface area contributed by atoms with Crippen molar-refractivity contribution in [1.29, 1.82) is 10.5 Å². The Labute approximate surface area is 239 Å². The Morgan fingerprint density at radius 2 is 1.49 bits per heavy atom. The van der Waals surface area contributed by atoms with E-state index in [1.165, 1.54) is 4.90 Å². The smallest absolute Gasteiger partial charge is 0.258 e. The van der Waals surface area contributed by atoms with Gasteiger partial charge in [0, 0.05) is 0 Å². The Balaban J connectivity index is 1.38. The third kappa shape index (κ3) is 5.44. The lowest BCUT2D eigenvalue weighted by Gasteiger charge is -2.40. The van der Waals surface area contributed by atoms with Gasteiger partial charge in [-0.3, -0.25) is 14.5 Å². The fraction of sp³-hybridized carbons (Fsp3) is 0.500. The van der Waals surface area contributed by atoms with E-state index < -0.39 is 40.9 Å². The molecule has 2 amide bonds. The highest BCUT2D eigenvalue weighted by molar-refractivity contribution is 5.92. The molecule has 2 aromatic rings. The second kappa shape index (κ2) is 10.5. The highest BCUT2D eigenvalue weighted by atomic mass is 19.3. The van der Waals surface area contributed by atoms with Crippen LogP contribution in [0.15, 0.2) is 48.5 Å². The minimum Gasteiger partial charge on any atom is -0.368 e. The van der Waals surface area contributed by atoms with Crippen LogP contribution >= 0.6 is 0 Å². The van der Waals surface area contributed by atoms with Gasteiger partial charge in [0.25, 0.3) is 6.43 Å². The summed E-state index contributed by atoms with van der Waals surface area (Å²) < 4.78 is 29.4. The zero-order valence-electron chi connectivity index (χ0n) is 23.4. The van der Waals surface area contributed by atoms with Crippen molar-refractivity contribution < 1.29 is 18.4 Å². The van der Waals surface area contributed by atoms with Gasteiger partial charge in [0.2, 0.25) is 11.8 Å². The van der Waals surface area contributed by atoms with Crippen LogP contribution in [-0.2, 0) is 15.0 Å². The van der Waals surface area contributed by atoms with E-state index in [-0.39, 0.29) is 18.2 Å². The summed E-state index contributed by atoms with van der Waals surface area (Å²) in [6.07, 6.45) is 1.10. The fourth-order valence-electron chi connectivity index (χ4n) is 5.90. The number of halogens is 2. The first-order chi connectivity index (χ1) is 19.5. The van der Waals surface area contributed by atoms with Crippen LogP contribution in [0.5, 0.6) is 0 Å². The first-order valence-electron chi connectivity index (χ1n) is 14.2. The summed E-state index contributed by atoms with van der Waals surface area (Å²) in [5, 5.41) is 22.2. The molecule has 2 atom stereocenters. The van der Waals surface area contributed by atoms with Gasteiger partial charge in [-0.1, -0.05) is 62.4 Å². The number of rotatable bonds is 12. The summed E-state index contributed by atoms with van der Waals surface area (Å²) in [7, 11) is 0. The van der Waals surface area contributed by atoms with Crippen molar-refractivity contribution in [2.24, 2.45) is 11.7 Å². The maximum Gasteiger partial charge on any atom is 0.258 e. The van der Waals surface area contributed by atoms with E-state index in [2.05, 4.69) is 17.5 Å². The van der Waals surface area contributed by atoms with Crippen molar-refractivity contribution in [2.45, 2.75) is 93.8 Å². The zero-order chi connectivity index (χ0) is 29.6. The SMILES string of the molecule is CC(C)C[C@@H](C(N)=O)N([C@@H](c1ccc(-c2ccc(C3(C(=O)NC4(C#N)CC4)CC3)cc2)cc1)C(F)F)C1(C#N)CC1. The van der Waals surface area contributed by atoms with Crippen molar-refractivity contribution in [2.75, 3.05) is 0 Å². The molecule has 5 rings (SSSR count). The molecule has 0 heterocycles. The Kier molecular flexibility index (Phi) is 7.38. The second-order valence-corrected chi connectivity index (χ2v) is 12.3. The average Bonchev–Trinajstić information content (AvgIpc) is 3.83. The molecule has 3 aliphatic rings. The molecule has 214 valence electrons. The maximum atomic E-state index is 14.7. The lowest BCUT2D eigenvalue weighted by Crippen LogP contribution is -2.54. The number of nitrogens with one attached hydrogen (secondary N) is 1. The van der Waals surface area contributed by atoms with Crippen LogP contribution in [0.3, 0.4) is 0 Å². The standard InChI is InChI=1S/C32H35F2N5O2/c1-20(2)17-25(28(37)40)39(31(19-36)13-14-31)26(27(33)34)23-5-3-21(4-6-23)22-7-9-24(10-8-22)32(15-16-32)29(41)38-30(18-35)11-12-30/h3-10,20,25-27H,11-17H2,1-2H3,(H2,37,40)(H,38,41)/t25-,26-/m0/s1. The van der Waals surface area contributed by atoms with Gasteiger partial charge in [-0.25, -0.2) is 8.78 Å². The molecular formula is C32H35F2N5O2. The molecule has 0 unspecified atom stereocenters. The lowest BCUT2D eigenvalue weighted by molar-refractivity contribution is -0.128. The van der Waals surface area contributed by atoms with Crippen LogP contribution in [0, 0.1) is 28.6 Å². The van der Waals surface area contributed by atoms with Crippen LogP contribution in [-0.4, -0.2) is 40.3 Å². The number of carbonyl (C=O) groups is 2. The van der Waals surface area contributed by atoms with Gasteiger partial charge in [-0.2, -0.15) is 10.5 Å². The van der Waals surface area contributed by atoms with E-state index in [1.54, 1.807) is 24.3 Å². The number of nitriles is 2. The maximum absolute atomic E-state index is 14.7. The monoisotopic (exact) mass is 559 g/mol. The van der Waals surface area contributed by atoms with Gasteiger partial charge in [-0.15, -0.1) is 0 Å². The van der Waals surface area contributed by atoms with Crippen LogP contribution < -0.4 is 11.1 Å². The number of benzene rings is 2. The van der Waals surface area contributed by atoms with Gasteiger partial charge >= 0.3 is 0 Å². The molecule has 3 aliphatic carbocycles. The quantitative estimate of drug-likeness (QED) is 0.374. The Hall–Kier alpha value is -3.82. The van der Waals surface area contributed by atoms with Gasteiger partial charge in [-0.05, 0) is 73.1 Å². The largest absolute Gasteiger partial charge is 0.368 e. The summed E-state index contributed by atoms with van der Waals surface area (Å²) in [6, 6.07) is 16.4. The van der Waals surface area contributed by atoms with Crippen molar-refractivity contribution in [1.82, 2.24) is 10.2 Å². The highest BCUT2D eigenvalue weighted by Crippen LogP contribution is 2.51. The molecule has 0 bridgehead atoms. The minimum absolute atomic E-state index is 0.0233. The molecule has 0 radical (unpaired) electrons. The number of nitrogens with zero attached hydrogens (tertiary/aromatic N) is 3. The number of alkyl halides is 2. The topological polar surface area (TPSA) is 123 Å². The molecular weight excluding hydrogens is 524 g/mol. The number of primary amides is 1. The molecule has 3 fully saturated rings. The molecule has 9 heteroatoms. The first kappa shape index (κ1) is 28.7. The molecule has 0 aromatic heterocycles. The van der Waals surface area contributed by atoms with E-state index in [0.717, 1.165) is 29.5 Å². The highest BCUT2D eigenvalue weighted by Gasteiger charge is 2.57. The summed E-state index contributed by atoms with van der Waals surface area (Å²) in [5.74, 6) is -0.784.